The Morgan fingerprint density at radius 1 is 1.50 bits per heavy atom. The highest BCUT2D eigenvalue weighted by Crippen LogP contribution is 2.24. The number of hydrogen-bond donors (Lipinski definition) is 1. The van der Waals surface area contributed by atoms with Gasteiger partial charge in [-0.1, -0.05) is 40.5 Å². The van der Waals surface area contributed by atoms with Crippen LogP contribution in [0.25, 0.3) is 0 Å². The Morgan fingerprint density at radius 3 is 2.83 bits per heavy atom. The zero-order valence-corrected chi connectivity index (χ0v) is 13.6. The third-order valence-corrected chi connectivity index (χ3v) is 4.44. The van der Waals surface area contributed by atoms with E-state index in [9.17, 15) is 0 Å². The largest absolute Gasteiger partial charge is 0.327 e. The van der Waals surface area contributed by atoms with Gasteiger partial charge in [0.1, 0.15) is 0 Å². The molecule has 1 aliphatic rings. The molecule has 0 aromatic heterocycles. The zero-order chi connectivity index (χ0) is 12.4. The molecule has 1 heterocycles. The molecule has 2 rings (SSSR count). The summed E-state index contributed by atoms with van der Waals surface area (Å²) in [4.78, 5) is 2.46. The van der Waals surface area contributed by atoms with E-state index in [2.05, 4.69) is 33.8 Å². The second-order valence-corrected chi connectivity index (χ2v) is 6.19. The monoisotopic (exact) mass is 352 g/mol. The van der Waals surface area contributed by atoms with Crippen molar-refractivity contribution in [2.75, 3.05) is 13.1 Å². The summed E-state index contributed by atoms with van der Waals surface area (Å²) in [5.74, 6) is 0.579. The number of piperidine rings is 1. The van der Waals surface area contributed by atoms with Crippen LogP contribution in [0.1, 0.15) is 18.9 Å². The molecule has 0 bridgehead atoms. The van der Waals surface area contributed by atoms with Crippen LogP contribution in [-0.2, 0) is 6.54 Å². The van der Waals surface area contributed by atoms with Gasteiger partial charge in [-0.15, -0.1) is 12.4 Å². The van der Waals surface area contributed by atoms with E-state index in [0.29, 0.717) is 12.0 Å². The first-order valence-electron chi connectivity index (χ1n) is 5.98. The number of benzene rings is 1. The Kier molecular flexibility index (Phi) is 6.42. The van der Waals surface area contributed by atoms with Crippen LogP contribution in [0.3, 0.4) is 0 Å². The molecule has 2 N–H and O–H groups in total. The number of halogens is 3. The molecule has 0 radical (unpaired) electrons. The molecule has 0 saturated carbocycles. The number of rotatable bonds is 2. The molecule has 1 fully saturated rings. The second-order valence-electron chi connectivity index (χ2n) is 4.90. The summed E-state index contributed by atoms with van der Waals surface area (Å²) in [5.41, 5.74) is 7.32. The molecule has 2 atom stereocenters. The predicted molar refractivity (Wildman–Crippen MR) is 83.4 cm³/mol. The molecule has 5 heteroatoms. The number of likely N-dealkylation sites (tertiary alicyclic amines) is 1. The average Bonchev–Trinajstić information content (AvgIpc) is 2.27. The fraction of sp³-hybridized carbons (Fsp3) is 0.538. The van der Waals surface area contributed by atoms with Gasteiger partial charge in [-0.25, -0.2) is 0 Å². The van der Waals surface area contributed by atoms with E-state index in [4.69, 9.17) is 17.3 Å². The van der Waals surface area contributed by atoms with Crippen molar-refractivity contribution in [2.24, 2.45) is 11.7 Å². The van der Waals surface area contributed by atoms with Gasteiger partial charge in [0.25, 0.3) is 0 Å². The fourth-order valence-corrected chi connectivity index (χ4v) is 3.09. The lowest BCUT2D eigenvalue weighted by atomic mass is 9.94. The van der Waals surface area contributed by atoms with Gasteiger partial charge < -0.3 is 5.73 Å². The molecule has 0 spiro atoms. The van der Waals surface area contributed by atoms with Gasteiger partial charge in [0.05, 0.1) is 0 Å². The van der Waals surface area contributed by atoms with E-state index in [-0.39, 0.29) is 12.4 Å². The topological polar surface area (TPSA) is 29.3 Å². The summed E-state index contributed by atoms with van der Waals surface area (Å²) < 4.78 is 1.09. The maximum Gasteiger partial charge on any atom is 0.0417 e. The third-order valence-electron chi connectivity index (χ3n) is 3.46. The second kappa shape index (κ2) is 7.11. The SMILES string of the molecule is CC1CN(Cc2ccc(Cl)cc2Br)CCC1N.Cl. The lowest BCUT2D eigenvalue weighted by molar-refractivity contribution is 0.157. The quantitative estimate of drug-likeness (QED) is 0.878. The lowest BCUT2D eigenvalue weighted by Gasteiger charge is -2.35. The smallest absolute Gasteiger partial charge is 0.0417 e. The van der Waals surface area contributed by atoms with Crippen LogP contribution in [0, 0.1) is 5.92 Å². The highest BCUT2D eigenvalue weighted by Gasteiger charge is 2.23. The van der Waals surface area contributed by atoms with Crippen molar-refractivity contribution in [3.05, 3.63) is 33.3 Å². The average molecular weight is 354 g/mol. The van der Waals surface area contributed by atoms with E-state index >= 15 is 0 Å². The normalized spacial score (nSPS) is 24.7. The van der Waals surface area contributed by atoms with Crippen LogP contribution in [0.2, 0.25) is 5.02 Å². The van der Waals surface area contributed by atoms with Crippen molar-refractivity contribution in [3.63, 3.8) is 0 Å². The standard InChI is InChI=1S/C13H18BrClN2.ClH/c1-9-7-17(5-4-13(9)16)8-10-2-3-11(15)6-12(10)14;/h2-3,6,9,13H,4-5,7-8,16H2,1H3;1H. The Hall–Kier alpha value is 0.200. The first-order valence-corrected chi connectivity index (χ1v) is 7.15. The van der Waals surface area contributed by atoms with Crippen LogP contribution >= 0.6 is 39.9 Å². The number of nitrogens with zero attached hydrogens (tertiary/aromatic N) is 1. The van der Waals surface area contributed by atoms with Crippen LogP contribution in [0.5, 0.6) is 0 Å². The minimum Gasteiger partial charge on any atom is -0.327 e. The minimum absolute atomic E-state index is 0. The van der Waals surface area contributed by atoms with Gasteiger partial charge in [0, 0.05) is 28.6 Å². The summed E-state index contributed by atoms with van der Waals surface area (Å²) in [6.45, 7) is 5.36. The van der Waals surface area contributed by atoms with Crippen LogP contribution in [-0.4, -0.2) is 24.0 Å². The van der Waals surface area contributed by atoms with E-state index in [1.54, 1.807) is 0 Å². The van der Waals surface area contributed by atoms with Gasteiger partial charge >= 0.3 is 0 Å². The molecule has 102 valence electrons. The van der Waals surface area contributed by atoms with Crippen LogP contribution < -0.4 is 5.73 Å². The van der Waals surface area contributed by atoms with Crippen molar-refractivity contribution >= 4 is 39.9 Å². The molecule has 1 aromatic carbocycles. The first-order chi connectivity index (χ1) is 8.06. The van der Waals surface area contributed by atoms with Gasteiger partial charge in [-0.3, -0.25) is 4.90 Å². The summed E-state index contributed by atoms with van der Waals surface area (Å²) in [5, 5.41) is 0.773. The van der Waals surface area contributed by atoms with Crippen molar-refractivity contribution in [2.45, 2.75) is 25.9 Å². The van der Waals surface area contributed by atoms with Crippen LogP contribution in [0.15, 0.2) is 22.7 Å². The summed E-state index contributed by atoms with van der Waals surface area (Å²) >= 11 is 9.51. The van der Waals surface area contributed by atoms with Crippen molar-refractivity contribution in [1.82, 2.24) is 4.90 Å². The van der Waals surface area contributed by atoms with E-state index in [1.807, 2.05) is 12.1 Å². The lowest BCUT2D eigenvalue weighted by Crippen LogP contribution is -2.45. The van der Waals surface area contributed by atoms with Gasteiger partial charge in [-0.05, 0) is 36.6 Å². The molecular weight excluding hydrogens is 335 g/mol. The zero-order valence-electron chi connectivity index (χ0n) is 10.4. The van der Waals surface area contributed by atoms with E-state index < -0.39 is 0 Å². The minimum atomic E-state index is 0. The van der Waals surface area contributed by atoms with E-state index in [0.717, 1.165) is 35.6 Å². The Bertz CT molecular complexity index is 401. The summed E-state index contributed by atoms with van der Waals surface area (Å²) in [6, 6.07) is 6.35. The van der Waals surface area contributed by atoms with Crippen LogP contribution in [0.4, 0.5) is 0 Å². The third kappa shape index (κ3) is 4.10. The maximum absolute atomic E-state index is 6.03. The highest BCUT2D eigenvalue weighted by molar-refractivity contribution is 9.10. The highest BCUT2D eigenvalue weighted by atomic mass is 79.9. The molecule has 0 aliphatic carbocycles. The van der Waals surface area contributed by atoms with Crippen molar-refractivity contribution in [3.8, 4) is 0 Å². The number of hydrogen-bond acceptors (Lipinski definition) is 2. The fourth-order valence-electron chi connectivity index (χ4n) is 2.28. The molecule has 2 nitrogen and oxygen atoms in total. The Labute approximate surface area is 128 Å². The Morgan fingerprint density at radius 2 is 2.22 bits per heavy atom. The predicted octanol–water partition coefficient (Wildman–Crippen LogP) is 3.69. The van der Waals surface area contributed by atoms with Gasteiger partial charge in [-0.2, -0.15) is 0 Å². The molecule has 1 saturated heterocycles. The van der Waals surface area contributed by atoms with Gasteiger partial charge in [0.2, 0.25) is 0 Å². The van der Waals surface area contributed by atoms with Crippen molar-refractivity contribution < 1.29 is 0 Å². The molecule has 0 amide bonds. The van der Waals surface area contributed by atoms with Gasteiger partial charge in [0.15, 0.2) is 0 Å². The molecule has 1 aromatic rings. The van der Waals surface area contributed by atoms with Crippen molar-refractivity contribution in [1.29, 1.82) is 0 Å². The first kappa shape index (κ1) is 16.3. The Balaban J connectivity index is 0.00000162. The molecule has 1 aliphatic heterocycles. The molecular formula is C13H19BrCl2N2. The molecule has 18 heavy (non-hydrogen) atoms. The summed E-state index contributed by atoms with van der Waals surface area (Å²) in [6.07, 6.45) is 1.09. The van der Waals surface area contributed by atoms with E-state index in [1.165, 1.54) is 5.56 Å². The summed E-state index contributed by atoms with van der Waals surface area (Å²) in [7, 11) is 0. The molecule has 2 unspecified atom stereocenters. The maximum atomic E-state index is 6.03. The number of nitrogens with two attached hydrogens (primary N) is 1.